The smallest absolute Gasteiger partial charge is 0.361 e. The van der Waals surface area contributed by atoms with E-state index in [0.29, 0.717) is 24.2 Å². The van der Waals surface area contributed by atoms with Gasteiger partial charge in [0.1, 0.15) is 12.3 Å². The van der Waals surface area contributed by atoms with Crippen molar-refractivity contribution in [2.45, 2.75) is 84.1 Å². The maximum absolute atomic E-state index is 12.2. The first-order valence-corrected chi connectivity index (χ1v) is 13.7. The zero-order valence-electron chi connectivity index (χ0n) is 22.5. The topological polar surface area (TPSA) is 35.5 Å². The van der Waals surface area contributed by atoms with Gasteiger partial charge in [0.2, 0.25) is 0 Å². The van der Waals surface area contributed by atoms with Crippen LogP contribution in [0, 0.1) is 0 Å². The van der Waals surface area contributed by atoms with E-state index in [0.717, 1.165) is 31.6 Å². The highest BCUT2D eigenvalue weighted by atomic mass is 16.5. The van der Waals surface area contributed by atoms with E-state index < -0.39 is 0 Å². The molecule has 0 N–H and O–H groups in total. The standard InChI is InChI=1S/C31H48NO3/c1-4-5-6-7-8-9-10-12-17-28-20-22-30(23-21-28)34-24-15-16-25-35-31(33)27-32(2,3)26-29-18-13-11-14-19-29/h11,13-14,18-23H,4-10,12,15-17,24-27H2,1-3H3/q+1. The SMILES string of the molecule is CCCCCCCCCCc1ccc(OCCCCOC(=O)C[N+](C)(C)Cc2ccccc2)cc1. The van der Waals surface area contributed by atoms with Crippen molar-refractivity contribution < 1.29 is 18.8 Å². The first kappa shape index (κ1) is 28.9. The first-order valence-electron chi connectivity index (χ1n) is 13.7. The molecule has 0 spiro atoms. The van der Waals surface area contributed by atoms with Crippen LogP contribution in [0.15, 0.2) is 54.6 Å². The lowest BCUT2D eigenvalue weighted by atomic mass is 10.0. The quantitative estimate of drug-likeness (QED) is 0.119. The molecule has 0 aliphatic carbocycles. The monoisotopic (exact) mass is 482 g/mol. The van der Waals surface area contributed by atoms with Gasteiger partial charge >= 0.3 is 5.97 Å². The van der Waals surface area contributed by atoms with Crippen LogP contribution in [0.3, 0.4) is 0 Å². The van der Waals surface area contributed by atoms with Crippen LogP contribution in [-0.4, -0.2) is 44.3 Å². The summed E-state index contributed by atoms with van der Waals surface area (Å²) < 4.78 is 11.9. The molecule has 0 aliphatic heterocycles. The molecule has 0 fully saturated rings. The number of likely N-dealkylation sites (N-methyl/N-ethyl adjacent to an activating group) is 1. The number of carbonyl (C=O) groups is 1. The average molecular weight is 483 g/mol. The third-order valence-corrected chi connectivity index (χ3v) is 6.32. The van der Waals surface area contributed by atoms with Crippen LogP contribution in [-0.2, 0) is 22.5 Å². The molecule has 194 valence electrons. The highest BCUT2D eigenvalue weighted by Gasteiger charge is 2.21. The number of esters is 1. The van der Waals surface area contributed by atoms with Crippen LogP contribution >= 0.6 is 0 Å². The van der Waals surface area contributed by atoms with E-state index >= 15 is 0 Å². The molecular weight excluding hydrogens is 434 g/mol. The normalized spacial score (nSPS) is 11.4. The Hall–Kier alpha value is -2.33. The van der Waals surface area contributed by atoms with Crippen molar-refractivity contribution in [2.75, 3.05) is 33.9 Å². The van der Waals surface area contributed by atoms with E-state index in [1.807, 2.05) is 18.2 Å². The van der Waals surface area contributed by atoms with Gasteiger partial charge in [-0.15, -0.1) is 0 Å². The van der Waals surface area contributed by atoms with Crippen LogP contribution in [0.2, 0.25) is 0 Å². The Balaban J connectivity index is 1.49. The lowest BCUT2D eigenvalue weighted by Crippen LogP contribution is -2.43. The van der Waals surface area contributed by atoms with Gasteiger partial charge in [-0.25, -0.2) is 4.79 Å². The number of unbranched alkanes of at least 4 members (excludes halogenated alkanes) is 8. The van der Waals surface area contributed by atoms with Crippen LogP contribution in [0.1, 0.15) is 82.3 Å². The Morgan fingerprint density at radius 3 is 2.03 bits per heavy atom. The Morgan fingerprint density at radius 2 is 1.34 bits per heavy atom. The highest BCUT2D eigenvalue weighted by molar-refractivity contribution is 5.70. The number of carbonyl (C=O) groups excluding carboxylic acids is 1. The molecule has 2 aromatic rings. The second-order valence-corrected chi connectivity index (χ2v) is 10.4. The van der Waals surface area contributed by atoms with E-state index in [9.17, 15) is 4.79 Å². The number of ether oxygens (including phenoxy) is 2. The van der Waals surface area contributed by atoms with Crippen molar-refractivity contribution in [2.24, 2.45) is 0 Å². The van der Waals surface area contributed by atoms with Gasteiger partial charge in [-0.3, -0.25) is 0 Å². The molecule has 2 aromatic carbocycles. The lowest BCUT2D eigenvalue weighted by molar-refractivity contribution is -0.896. The maximum atomic E-state index is 12.2. The number of rotatable bonds is 19. The van der Waals surface area contributed by atoms with Crippen molar-refractivity contribution >= 4 is 5.97 Å². The van der Waals surface area contributed by atoms with E-state index in [4.69, 9.17) is 9.47 Å². The fourth-order valence-corrected chi connectivity index (χ4v) is 4.32. The molecule has 2 rings (SSSR count). The zero-order chi connectivity index (χ0) is 25.2. The molecule has 4 heteroatoms. The Morgan fingerprint density at radius 1 is 0.714 bits per heavy atom. The van der Waals surface area contributed by atoms with Gasteiger partial charge in [-0.2, -0.15) is 0 Å². The largest absolute Gasteiger partial charge is 0.494 e. The molecule has 0 radical (unpaired) electrons. The number of hydrogen-bond donors (Lipinski definition) is 0. The first-order chi connectivity index (χ1) is 17.0. The maximum Gasteiger partial charge on any atom is 0.361 e. The number of benzene rings is 2. The van der Waals surface area contributed by atoms with E-state index in [2.05, 4.69) is 57.4 Å². The van der Waals surface area contributed by atoms with Gasteiger partial charge in [0.05, 0.1) is 27.3 Å². The van der Waals surface area contributed by atoms with Crippen LogP contribution in [0.4, 0.5) is 0 Å². The minimum absolute atomic E-state index is 0.140. The van der Waals surface area contributed by atoms with Gasteiger partial charge in [0, 0.05) is 5.56 Å². The predicted molar refractivity (Wildman–Crippen MR) is 146 cm³/mol. The van der Waals surface area contributed by atoms with Crippen LogP contribution in [0.25, 0.3) is 0 Å². The van der Waals surface area contributed by atoms with Crippen molar-refractivity contribution in [1.29, 1.82) is 0 Å². The molecule has 0 heterocycles. The molecule has 4 nitrogen and oxygen atoms in total. The fraction of sp³-hybridized carbons (Fsp3) is 0.581. The minimum Gasteiger partial charge on any atom is -0.494 e. The summed E-state index contributed by atoms with van der Waals surface area (Å²) in [6, 6.07) is 18.8. The van der Waals surface area contributed by atoms with E-state index in [1.54, 1.807) is 0 Å². The highest BCUT2D eigenvalue weighted by Crippen LogP contribution is 2.16. The Bertz CT molecular complexity index is 802. The molecule has 0 atom stereocenters. The number of hydrogen-bond acceptors (Lipinski definition) is 3. The summed E-state index contributed by atoms with van der Waals surface area (Å²) in [6.07, 6.45) is 13.7. The van der Waals surface area contributed by atoms with Gasteiger partial charge in [-0.1, -0.05) is 94.3 Å². The number of aryl methyl sites for hydroxylation is 1. The average Bonchev–Trinajstić information content (AvgIpc) is 2.84. The van der Waals surface area contributed by atoms with E-state index in [1.165, 1.54) is 62.5 Å². The van der Waals surface area contributed by atoms with Gasteiger partial charge in [0.25, 0.3) is 0 Å². The summed E-state index contributed by atoms with van der Waals surface area (Å²) in [6.45, 7) is 4.54. The molecule has 0 bridgehead atoms. The van der Waals surface area contributed by atoms with Gasteiger partial charge < -0.3 is 14.0 Å². The third kappa shape index (κ3) is 14.0. The van der Waals surface area contributed by atoms with Crippen LogP contribution in [0.5, 0.6) is 5.75 Å². The summed E-state index contributed by atoms with van der Waals surface area (Å²) in [5.74, 6) is 0.778. The van der Waals surface area contributed by atoms with E-state index in [-0.39, 0.29) is 5.97 Å². The second kappa shape index (κ2) is 17.2. The van der Waals surface area contributed by atoms with Crippen molar-refractivity contribution in [3.8, 4) is 5.75 Å². The van der Waals surface area contributed by atoms with Gasteiger partial charge in [-0.05, 0) is 43.4 Å². The minimum atomic E-state index is -0.140. The second-order valence-electron chi connectivity index (χ2n) is 10.4. The molecule has 0 saturated heterocycles. The third-order valence-electron chi connectivity index (χ3n) is 6.32. The molecule has 0 aromatic heterocycles. The fourth-order valence-electron chi connectivity index (χ4n) is 4.32. The Kier molecular flexibility index (Phi) is 14.2. The summed E-state index contributed by atoms with van der Waals surface area (Å²) in [5, 5.41) is 0. The number of nitrogens with zero attached hydrogens (tertiary/aromatic N) is 1. The van der Waals surface area contributed by atoms with Crippen LogP contribution < -0.4 is 4.74 Å². The summed E-state index contributed by atoms with van der Waals surface area (Å²) in [5.41, 5.74) is 2.62. The van der Waals surface area contributed by atoms with Crippen molar-refractivity contribution in [1.82, 2.24) is 0 Å². The predicted octanol–water partition coefficient (Wildman–Crippen LogP) is 7.35. The molecular formula is C31H48NO3+. The molecule has 0 unspecified atom stereocenters. The molecule has 0 amide bonds. The Labute approximate surface area is 214 Å². The molecule has 0 aliphatic rings. The zero-order valence-corrected chi connectivity index (χ0v) is 22.5. The van der Waals surface area contributed by atoms with Crippen molar-refractivity contribution in [3.63, 3.8) is 0 Å². The molecule has 0 saturated carbocycles. The van der Waals surface area contributed by atoms with Gasteiger partial charge in [0.15, 0.2) is 6.54 Å². The number of quaternary nitrogens is 1. The summed E-state index contributed by atoms with van der Waals surface area (Å²) >= 11 is 0. The summed E-state index contributed by atoms with van der Waals surface area (Å²) in [4.78, 5) is 12.2. The summed E-state index contributed by atoms with van der Waals surface area (Å²) in [7, 11) is 4.12. The van der Waals surface area contributed by atoms with Crippen molar-refractivity contribution in [3.05, 3.63) is 65.7 Å². The lowest BCUT2D eigenvalue weighted by Gasteiger charge is -2.28. The molecule has 35 heavy (non-hydrogen) atoms.